The summed E-state index contributed by atoms with van der Waals surface area (Å²) in [5, 5.41) is 21.9. The van der Waals surface area contributed by atoms with Gasteiger partial charge in [-0.3, -0.25) is 9.80 Å². The first kappa shape index (κ1) is 55.4. The maximum Gasteiger partial charge on any atom is 0.269 e. The van der Waals surface area contributed by atoms with Crippen LogP contribution in [0.15, 0.2) is 180 Å². The van der Waals surface area contributed by atoms with E-state index in [4.69, 9.17) is 33.0 Å². The van der Waals surface area contributed by atoms with Crippen molar-refractivity contribution in [2.75, 3.05) is 92.8 Å². The highest BCUT2D eigenvalue weighted by atomic mass is 35.5. The second-order valence-corrected chi connectivity index (χ2v) is 24.1. The number of aromatic hydroxyl groups is 1. The summed E-state index contributed by atoms with van der Waals surface area (Å²) in [6.45, 7) is 11.5. The third-order valence-corrected chi connectivity index (χ3v) is 18.1. The minimum Gasteiger partial charge on any atom is -0.508 e. The average molecular weight is 1140 g/mol. The fourth-order valence-electron chi connectivity index (χ4n) is 9.89. The second kappa shape index (κ2) is 24.2. The number of hydrogen-bond acceptors (Lipinski definition) is 13. The number of fused-ring (bicyclic) bond motifs is 6. The molecule has 0 atom stereocenters. The second-order valence-electron chi connectivity index (χ2n) is 19.6. The Labute approximate surface area is 470 Å². The van der Waals surface area contributed by atoms with Crippen LogP contribution in [0.5, 0.6) is 11.5 Å². The van der Waals surface area contributed by atoms with Gasteiger partial charge >= 0.3 is 0 Å². The smallest absolute Gasteiger partial charge is 0.269 e. The first-order valence-electron chi connectivity index (χ1n) is 25.9. The number of pyridine rings is 2. The van der Waals surface area contributed by atoms with Crippen molar-refractivity contribution in [3.63, 3.8) is 0 Å². The van der Waals surface area contributed by atoms with Crippen molar-refractivity contribution in [3.8, 4) is 33.8 Å². The third kappa shape index (κ3) is 12.3. The van der Waals surface area contributed by atoms with Gasteiger partial charge in [-0.15, -0.1) is 0 Å². The van der Waals surface area contributed by atoms with Gasteiger partial charge in [0.05, 0.1) is 37.5 Å². The van der Waals surface area contributed by atoms with Crippen LogP contribution in [-0.2, 0) is 20.0 Å². The highest BCUT2D eigenvalue weighted by Crippen LogP contribution is 2.38. The molecule has 4 aromatic heterocycles. The Morgan fingerprint density at radius 2 is 0.899 bits per heavy atom. The minimum atomic E-state index is -3.88. The number of β-amino-alcohol motifs (C(OH)–C–C–N with tert-alkyl or cyclic N) is 1. The molecule has 10 aromatic rings. The number of aliphatic hydroxyl groups excluding tert-OH is 1. The lowest BCUT2D eigenvalue weighted by atomic mass is 10.0. The number of rotatable bonds is 12. The monoisotopic (exact) mass is 1140 g/mol. The first-order chi connectivity index (χ1) is 38.2. The Hall–Kier alpha value is -6.90. The number of phenolic OH excluding ortho intramolecular Hbond substituents is 1. The fraction of sp³-hybridized carbons (Fsp3) is 0.233. The van der Waals surface area contributed by atoms with E-state index in [-0.39, 0.29) is 15.5 Å². The van der Waals surface area contributed by atoms with Crippen LogP contribution in [0.3, 0.4) is 0 Å². The molecule has 2 aliphatic heterocycles. The zero-order valence-corrected chi connectivity index (χ0v) is 46.9. The number of ether oxygens (including phenoxy) is 1. The lowest BCUT2D eigenvalue weighted by Gasteiger charge is -2.32. The molecule has 408 valence electrons. The Balaban J connectivity index is 0.000000155. The molecule has 19 heteroatoms. The van der Waals surface area contributed by atoms with Gasteiger partial charge in [-0.25, -0.2) is 34.7 Å². The van der Waals surface area contributed by atoms with E-state index in [9.17, 15) is 21.9 Å². The average Bonchev–Trinajstić information content (AvgIpc) is 4.12. The van der Waals surface area contributed by atoms with Gasteiger partial charge in [-0.1, -0.05) is 96.0 Å². The molecule has 2 N–H and O–H groups in total. The molecule has 79 heavy (non-hydrogen) atoms. The minimum absolute atomic E-state index is 0.182. The number of nitrogens with zero attached hydrogens (tertiary/aromatic N) is 8. The summed E-state index contributed by atoms with van der Waals surface area (Å²) in [6.07, 6.45) is 2.92. The summed E-state index contributed by atoms with van der Waals surface area (Å²) in [5.74, 6) is 1.01. The molecular weight excluding hydrogens is 1080 g/mol. The van der Waals surface area contributed by atoms with Crippen molar-refractivity contribution in [1.82, 2.24) is 37.5 Å². The third-order valence-electron chi connectivity index (χ3n) is 14.3. The predicted molar refractivity (Wildman–Crippen MR) is 316 cm³/mol. The van der Waals surface area contributed by atoms with E-state index in [0.29, 0.717) is 56.4 Å². The van der Waals surface area contributed by atoms with Gasteiger partial charge in [-0.05, 0) is 121 Å². The number of halogens is 2. The molecule has 0 amide bonds. The number of aromatic nitrogens is 4. The summed E-state index contributed by atoms with van der Waals surface area (Å²) in [4.78, 5) is 18.5. The number of hydrogen-bond donors (Lipinski definition) is 2. The molecule has 2 fully saturated rings. The lowest BCUT2D eigenvalue weighted by Crippen LogP contribution is -2.45. The van der Waals surface area contributed by atoms with Crippen molar-refractivity contribution in [2.24, 2.45) is 0 Å². The van der Waals surface area contributed by atoms with Crippen molar-refractivity contribution in [3.05, 3.63) is 180 Å². The molecule has 2 saturated heterocycles. The van der Waals surface area contributed by atoms with Crippen LogP contribution < -0.4 is 4.74 Å². The number of benzene rings is 6. The molecule has 0 saturated carbocycles. The number of piperazine rings is 2. The van der Waals surface area contributed by atoms with Crippen molar-refractivity contribution in [1.29, 1.82) is 0 Å². The topological polar surface area (TPSA) is 167 Å². The molecule has 6 heterocycles. The van der Waals surface area contributed by atoms with E-state index >= 15 is 0 Å². The van der Waals surface area contributed by atoms with E-state index in [1.807, 2.05) is 66.7 Å². The lowest BCUT2D eigenvalue weighted by molar-refractivity contribution is 0.128. The van der Waals surface area contributed by atoms with Gasteiger partial charge in [0, 0.05) is 99.4 Å². The molecule has 0 bridgehead atoms. The van der Waals surface area contributed by atoms with E-state index < -0.39 is 20.0 Å². The number of phenols is 1. The van der Waals surface area contributed by atoms with Crippen LogP contribution in [0.2, 0.25) is 10.0 Å². The largest absolute Gasteiger partial charge is 0.508 e. The Kier molecular flexibility index (Phi) is 17.0. The summed E-state index contributed by atoms with van der Waals surface area (Å²) >= 11 is 12.5. The van der Waals surface area contributed by atoms with Crippen LogP contribution in [-0.4, -0.2) is 157 Å². The van der Waals surface area contributed by atoms with Crippen LogP contribution in [0.4, 0.5) is 0 Å². The van der Waals surface area contributed by atoms with Gasteiger partial charge in [0.2, 0.25) is 0 Å². The van der Waals surface area contributed by atoms with Gasteiger partial charge in [0.1, 0.15) is 18.1 Å². The molecule has 2 aliphatic rings. The molecule has 15 nitrogen and oxygen atoms in total. The molecule has 0 aliphatic carbocycles. The SMILES string of the molecule is CN1CCN(CCO)CC1.CN1CCN(CCOc2ccc(-c3ccc4c(c3)c3cc(Cl)cnc3n4S(=O)(=O)c3ccccc3)cc2)CC1.O=S(=O)(c1ccccc1)n1c2ccc(-c3ccc(O)cc3)cc2c2cc(Cl)cnc21. The first-order valence-corrected chi connectivity index (χ1v) is 29.6. The Morgan fingerprint density at radius 1 is 0.494 bits per heavy atom. The van der Waals surface area contributed by atoms with Crippen molar-refractivity contribution in [2.45, 2.75) is 9.79 Å². The van der Waals surface area contributed by atoms with Crippen molar-refractivity contribution >= 4 is 87.1 Å². The maximum atomic E-state index is 13.7. The number of likely N-dealkylation sites (N-methyl/N-ethyl adjacent to an activating group) is 2. The quantitative estimate of drug-likeness (QED) is 0.119. The zero-order chi connectivity index (χ0) is 55.3. The highest BCUT2D eigenvalue weighted by molar-refractivity contribution is 7.90. The molecule has 0 radical (unpaired) electrons. The standard InChI is InChI=1S/C30H29ClN4O3S.C23H15ClN2O3S.C7H16N2O/c1-33-13-15-34(16-14-33)17-18-38-25-10-7-22(8-11-25)23-9-12-29-27(19-23)28-20-24(31)21-32-30(28)35(29)39(36,37)26-5-3-2-4-6-26;24-17-13-21-20-12-16(15-6-9-18(27)10-7-15)8-11-22(20)26(23(21)25-14-17)30(28,29)19-4-2-1-3-5-19;1-8-2-4-9(5-3-8)6-7-10/h2-12,19-21H,13-18H2,1H3;1-14,27H;10H,2-7H2,1H3. The van der Waals surface area contributed by atoms with Gasteiger partial charge in [0.15, 0.2) is 11.3 Å². The molecule has 0 unspecified atom stereocenters. The van der Waals surface area contributed by atoms with Gasteiger partial charge in [0.25, 0.3) is 20.0 Å². The predicted octanol–water partition coefficient (Wildman–Crippen LogP) is 10.1. The molecular formula is C60H60Cl2N8O7S2. The van der Waals surface area contributed by atoms with Gasteiger partial charge in [-0.2, -0.15) is 0 Å². The van der Waals surface area contributed by atoms with Gasteiger partial charge < -0.3 is 24.7 Å². The number of aliphatic hydroxyl groups is 1. The summed E-state index contributed by atoms with van der Waals surface area (Å²) in [5.41, 5.74) is 5.49. The van der Waals surface area contributed by atoms with Crippen LogP contribution in [0.1, 0.15) is 0 Å². The summed E-state index contributed by atoms with van der Waals surface area (Å²) in [6, 6.07) is 46.3. The Morgan fingerprint density at radius 3 is 1.33 bits per heavy atom. The maximum absolute atomic E-state index is 13.7. The van der Waals surface area contributed by atoms with Crippen molar-refractivity contribution < 1.29 is 31.8 Å². The molecule has 0 spiro atoms. The molecule has 12 rings (SSSR count). The Bertz CT molecular complexity index is 3970. The highest BCUT2D eigenvalue weighted by Gasteiger charge is 2.27. The van der Waals surface area contributed by atoms with Crippen LogP contribution in [0.25, 0.3) is 66.1 Å². The van der Waals surface area contributed by atoms with Crippen LogP contribution >= 0.6 is 23.2 Å². The normalized spacial score (nSPS) is 15.0. The fourth-order valence-corrected chi connectivity index (χ4v) is 13.2. The molecule has 6 aromatic carbocycles. The van der Waals surface area contributed by atoms with E-state index in [1.165, 1.54) is 20.3 Å². The van der Waals surface area contributed by atoms with E-state index in [0.717, 1.165) is 104 Å². The van der Waals surface area contributed by atoms with Crippen LogP contribution in [0, 0.1) is 0 Å². The summed E-state index contributed by atoms with van der Waals surface area (Å²) < 4.78 is 62.9. The summed E-state index contributed by atoms with van der Waals surface area (Å²) in [7, 11) is -3.45. The van der Waals surface area contributed by atoms with E-state index in [2.05, 4.69) is 43.7 Å². The zero-order valence-electron chi connectivity index (χ0n) is 43.7. The van der Waals surface area contributed by atoms with E-state index in [1.54, 1.807) is 91.0 Å².